The number of hydrogen-bond acceptors (Lipinski definition) is 3. The van der Waals surface area contributed by atoms with Crippen molar-refractivity contribution in [3.05, 3.63) is 35.4 Å². The van der Waals surface area contributed by atoms with Crippen LogP contribution in [0.4, 0.5) is 0 Å². The number of aliphatic carboxylic acids is 1. The Morgan fingerprint density at radius 2 is 1.95 bits per heavy atom. The normalized spacial score (nSPS) is 22.2. The van der Waals surface area contributed by atoms with Gasteiger partial charge in [-0.1, -0.05) is 38.1 Å². The average molecular weight is 305 g/mol. The molecule has 4 nitrogen and oxygen atoms in total. The fourth-order valence-electron chi connectivity index (χ4n) is 3.06. The average Bonchev–Trinajstić information content (AvgIpc) is 2.54. The Morgan fingerprint density at radius 3 is 2.55 bits per heavy atom. The maximum absolute atomic E-state index is 11.1. The van der Waals surface area contributed by atoms with Gasteiger partial charge in [-0.2, -0.15) is 0 Å². The smallest absolute Gasteiger partial charge is 0.307 e. The number of carboxylic acid groups (broad SMARTS) is 1. The molecule has 1 fully saturated rings. The number of nitrogens with zero attached hydrogens (tertiary/aromatic N) is 1. The van der Waals surface area contributed by atoms with Gasteiger partial charge in [-0.15, -0.1) is 0 Å². The molecule has 1 aliphatic rings. The first-order chi connectivity index (χ1) is 10.5. The number of carbonyl (C=O) groups is 1. The molecule has 22 heavy (non-hydrogen) atoms. The first-order valence-electron chi connectivity index (χ1n) is 8.24. The molecule has 0 spiro atoms. The number of aliphatic hydroxyl groups excluding tert-OH is 1. The highest BCUT2D eigenvalue weighted by atomic mass is 16.4. The molecular formula is C18H27NO3. The van der Waals surface area contributed by atoms with E-state index in [2.05, 4.69) is 30.9 Å². The maximum Gasteiger partial charge on any atom is 0.307 e. The van der Waals surface area contributed by atoms with E-state index < -0.39 is 12.1 Å². The van der Waals surface area contributed by atoms with Gasteiger partial charge in [0.05, 0.1) is 12.0 Å². The van der Waals surface area contributed by atoms with Crippen LogP contribution in [-0.4, -0.2) is 40.7 Å². The van der Waals surface area contributed by atoms with Gasteiger partial charge in [0.2, 0.25) is 0 Å². The summed E-state index contributed by atoms with van der Waals surface area (Å²) >= 11 is 0. The molecule has 0 saturated carbocycles. The Bertz CT molecular complexity index is 486. The van der Waals surface area contributed by atoms with Gasteiger partial charge in [-0.25, -0.2) is 0 Å². The zero-order valence-electron chi connectivity index (χ0n) is 13.5. The first kappa shape index (κ1) is 17.0. The van der Waals surface area contributed by atoms with Crippen molar-refractivity contribution in [3.63, 3.8) is 0 Å². The molecular weight excluding hydrogens is 278 g/mol. The van der Waals surface area contributed by atoms with Gasteiger partial charge >= 0.3 is 5.97 Å². The predicted molar refractivity (Wildman–Crippen MR) is 86.9 cm³/mol. The Hall–Kier alpha value is -1.39. The molecule has 2 N–H and O–H groups in total. The van der Waals surface area contributed by atoms with Crippen LogP contribution in [-0.2, 0) is 4.79 Å². The zero-order valence-corrected chi connectivity index (χ0v) is 13.5. The largest absolute Gasteiger partial charge is 0.481 e. The van der Waals surface area contributed by atoms with Crippen LogP contribution in [0.25, 0.3) is 0 Å². The van der Waals surface area contributed by atoms with Crippen molar-refractivity contribution in [2.75, 3.05) is 19.6 Å². The highest BCUT2D eigenvalue weighted by molar-refractivity contribution is 5.70. The number of benzene rings is 1. The monoisotopic (exact) mass is 305 g/mol. The van der Waals surface area contributed by atoms with Crippen LogP contribution in [0.1, 0.15) is 56.3 Å². The maximum atomic E-state index is 11.1. The number of piperidine rings is 1. The first-order valence-corrected chi connectivity index (χ1v) is 8.24. The van der Waals surface area contributed by atoms with Crippen LogP contribution in [0.2, 0.25) is 0 Å². The van der Waals surface area contributed by atoms with Crippen LogP contribution in [0.3, 0.4) is 0 Å². The molecule has 2 rings (SSSR count). The Balaban J connectivity index is 1.94. The summed E-state index contributed by atoms with van der Waals surface area (Å²) in [7, 11) is 0. The van der Waals surface area contributed by atoms with Gasteiger partial charge in [0, 0.05) is 13.1 Å². The lowest BCUT2D eigenvalue weighted by Crippen LogP contribution is -2.40. The number of hydrogen-bond donors (Lipinski definition) is 2. The molecule has 0 amide bonds. The highest BCUT2D eigenvalue weighted by Crippen LogP contribution is 2.23. The fraction of sp³-hybridized carbons (Fsp3) is 0.611. The minimum atomic E-state index is -0.725. The summed E-state index contributed by atoms with van der Waals surface area (Å²) in [5, 5.41) is 19.5. The van der Waals surface area contributed by atoms with Gasteiger partial charge < -0.3 is 10.2 Å². The summed E-state index contributed by atoms with van der Waals surface area (Å²) in [4.78, 5) is 13.2. The molecule has 4 heteroatoms. The number of β-amino-alcohol motifs (C(OH)–C–C–N with tert-alkyl or cyclic N) is 1. The molecule has 3 atom stereocenters. The second kappa shape index (κ2) is 7.75. The topological polar surface area (TPSA) is 60.8 Å². The molecule has 1 saturated heterocycles. The molecule has 0 bridgehead atoms. The van der Waals surface area contributed by atoms with E-state index in [-0.39, 0.29) is 5.92 Å². The van der Waals surface area contributed by atoms with Gasteiger partial charge in [0.1, 0.15) is 0 Å². The van der Waals surface area contributed by atoms with Crippen molar-refractivity contribution in [2.24, 2.45) is 5.92 Å². The SMILES string of the molecule is CCC(C)c1ccc(C(O)CN2CCCC(C(=O)O)C2)cc1. The van der Waals surface area contributed by atoms with E-state index in [9.17, 15) is 9.90 Å². The molecule has 1 heterocycles. The van der Waals surface area contributed by atoms with Gasteiger partial charge in [-0.05, 0) is 42.9 Å². The summed E-state index contributed by atoms with van der Waals surface area (Å²) < 4.78 is 0. The van der Waals surface area contributed by atoms with E-state index in [1.54, 1.807) is 0 Å². The van der Waals surface area contributed by atoms with Crippen molar-refractivity contribution in [1.82, 2.24) is 4.90 Å². The highest BCUT2D eigenvalue weighted by Gasteiger charge is 2.26. The lowest BCUT2D eigenvalue weighted by molar-refractivity contribution is -0.143. The van der Waals surface area contributed by atoms with E-state index in [0.29, 0.717) is 19.0 Å². The Morgan fingerprint density at radius 1 is 1.32 bits per heavy atom. The van der Waals surface area contributed by atoms with Crippen molar-refractivity contribution in [2.45, 2.75) is 45.1 Å². The second-order valence-corrected chi connectivity index (χ2v) is 6.43. The third kappa shape index (κ3) is 4.31. The summed E-state index contributed by atoms with van der Waals surface area (Å²) in [5.74, 6) is -0.490. The third-order valence-electron chi connectivity index (χ3n) is 4.79. The Labute approximate surface area is 132 Å². The molecule has 122 valence electrons. The van der Waals surface area contributed by atoms with E-state index in [1.807, 2.05) is 12.1 Å². The molecule has 0 aliphatic carbocycles. The summed E-state index contributed by atoms with van der Waals surface area (Å²) in [6.07, 6.45) is 2.17. The van der Waals surface area contributed by atoms with Crippen LogP contribution >= 0.6 is 0 Å². The summed E-state index contributed by atoms with van der Waals surface area (Å²) in [6.45, 7) is 6.28. The molecule has 0 radical (unpaired) electrons. The van der Waals surface area contributed by atoms with Crippen LogP contribution in [0, 0.1) is 5.92 Å². The number of rotatable bonds is 6. The van der Waals surface area contributed by atoms with Crippen LogP contribution in [0.5, 0.6) is 0 Å². The summed E-state index contributed by atoms with van der Waals surface area (Å²) in [5.41, 5.74) is 2.20. The van der Waals surface area contributed by atoms with Crippen molar-refractivity contribution >= 4 is 5.97 Å². The second-order valence-electron chi connectivity index (χ2n) is 6.43. The summed E-state index contributed by atoms with van der Waals surface area (Å²) in [6, 6.07) is 8.15. The Kier molecular flexibility index (Phi) is 5.98. The molecule has 0 aromatic heterocycles. The molecule has 1 aromatic rings. The van der Waals surface area contributed by atoms with Crippen molar-refractivity contribution < 1.29 is 15.0 Å². The van der Waals surface area contributed by atoms with E-state index in [0.717, 1.165) is 31.4 Å². The minimum Gasteiger partial charge on any atom is -0.481 e. The number of aliphatic hydroxyl groups is 1. The zero-order chi connectivity index (χ0) is 16.1. The molecule has 1 aromatic carbocycles. The minimum absolute atomic E-state index is 0.297. The fourth-order valence-corrected chi connectivity index (χ4v) is 3.06. The van der Waals surface area contributed by atoms with Gasteiger partial charge in [0.25, 0.3) is 0 Å². The van der Waals surface area contributed by atoms with Gasteiger partial charge in [0.15, 0.2) is 0 Å². The van der Waals surface area contributed by atoms with Crippen LogP contribution < -0.4 is 0 Å². The predicted octanol–water partition coefficient (Wildman–Crippen LogP) is 3.03. The standard InChI is InChI=1S/C18H27NO3/c1-3-13(2)14-6-8-15(9-7-14)17(20)12-19-10-4-5-16(11-19)18(21)22/h6-9,13,16-17,20H,3-5,10-12H2,1-2H3,(H,21,22). The van der Waals surface area contributed by atoms with Gasteiger partial charge in [-0.3, -0.25) is 9.69 Å². The van der Waals surface area contributed by atoms with E-state index in [4.69, 9.17) is 5.11 Å². The van der Waals surface area contributed by atoms with Crippen LogP contribution in [0.15, 0.2) is 24.3 Å². The lowest BCUT2D eigenvalue weighted by Gasteiger charge is -2.32. The van der Waals surface area contributed by atoms with E-state index in [1.165, 1.54) is 5.56 Å². The number of likely N-dealkylation sites (tertiary alicyclic amines) is 1. The quantitative estimate of drug-likeness (QED) is 0.848. The molecule has 3 unspecified atom stereocenters. The van der Waals surface area contributed by atoms with E-state index >= 15 is 0 Å². The molecule has 1 aliphatic heterocycles. The number of carboxylic acids is 1. The van der Waals surface area contributed by atoms with Crippen molar-refractivity contribution in [1.29, 1.82) is 0 Å². The third-order valence-corrected chi connectivity index (χ3v) is 4.79. The van der Waals surface area contributed by atoms with Crippen molar-refractivity contribution in [3.8, 4) is 0 Å². The lowest BCUT2D eigenvalue weighted by atomic mass is 9.95.